The summed E-state index contributed by atoms with van der Waals surface area (Å²) in [7, 11) is 0. The number of nitrogens with zero attached hydrogens (tertiary/aromatic N) is 5. The van der Waals surface area contributed by atoms with Crippen LogP contribution in [-0.4, -0.2) is 33.9 Å². The van der Waals surface area contributed by atoms with Gasteiger partial charge in [-0.2, -0.15) is 5.26 Å². The van der Waals surface area contributed by atoms with Crippen LogP contribution in [0.25, 0.3) is 0 Å². The number of hydrogen-bond donors (Lipinski definition) is 4. The van der Waals surface area contributed by atoms with Crippen LogP contribution in [0.5, 0.6) is 0 Å². The number of hydroxylamine groups is 1. The van der Waals surface area contributed by atoms with Crippen molar-refractivity contribution in [3.8, 4) is 6.19 Å². The van der Waals surface area contributed by atoms with Gasteiger partial charge in [-0.15, -0.1) is 4.99 Å². The zero-order chi connectivity index (χ0) is 19.1. The first-order chi connectivity index (χ1) is 12.5. The number of anilines is 1. The largest absolute Gasteiger partial charge is 0.356 e. The molecule has 1 heterocycles. The minimum Gasteiger partial charge on any atom is -0.356 e. The number of nitrogens with one attached hydrogen (secondary N) is 3. The summed E-state index contributed by atoms with van der Waals surface area (Å²) < 4.78 is 18.1. The van der Waals surface area contributed by atoms with E-state index >= 15 is 0 Å². The Labute approximate surface area is 155 Å². The third kappa shape index (κ3) is 4.52. The molecule has 0 fully saturated rings. The third-order valence-corrected chi connectivity index (χ3v) is 3.68. The lowest BCUT2D eigenvalue weighted by atomic mass is 10.2. The maximum atomic E-state index is 13.3. The fourth-order valence-corrected chi connectivity index (χ4v) is 2.24. The zero-order valence-electron chi connectivity index (χ0n) is 13.5. The van der Waals surface area contributed by atoms with Crippen molar-refractivity contribution in [2.75, 3.05) is 11.6 Å². The molecule has 26 heavy (non-hydrogen) atoms. The van der Waals surface area contributed by atoms with Crippen LogP contribution in [0.3, 0.4) is 0 Å². The van der Waals surface area contributed by atoms with E-state index in [-0.39, 0.29) is 34.1 Å². The number of halogens is 2. The molecule has 0 atom stereocenters. The molecule has 4 N–H and O–H groups in total. The number of rotatable bonds is 5. The first kappa shape index (κ1) is 19.3. The zero-order valence-corrected chi connectivity index (χ0v) is 15.1. The Bertz CT molecular complexity index is 863. The van der Waals surface area contributed by atoms with Gasteiger partial charge in [0.1, 0.15) is 11.5 Å². The van der Waals surface area contributed by atoms with Crippen LogP contribution >= 0.6 is 15.9 Å². The van der Waals surface area contributed by atoms with Gasteiger partial charge in [-0.3, -0.25) is 10.6 Å². The Morgan fingerprint density at radius 3 is 2.92 bits per heavy atom. The van der Waals surface area contributed by atoms with E-state index in [1.54, 1.807) is 6.19 Å². The highest BCUT2D eigenvalue weighted by atomic mass is 79.9. The molecular weight excluding hydrogens is 411 g/mol. The number of aliphatic imine (C=N–C) groups is 1. The summed E-state index contributed by atoms with van der Waals surface area (Å²) >= 11 is 3.01. The average Bonchev–Trinajstić information content (AvgIpc) is 3.09. The number of nitriles is 1. The predicted molar refractivity (Wildman–Crippen MR) is 93.1 cm³/mol. The van der Waals surface area contributed by atoms with Crippen LogP contribution in [0.1, 0.15) is 18.3 Å². The maximum absolute atomic E-state index is 13.3. The van der Waals surface area contributed by atoms with Crippen molar-refractivity contribution in [2.24, 2.45) is 4.99 Å². The molecule has 0 unspecified atom stereocenters. The summed E-state index contributed by atoms with van der Waals surface area (Å²) in [6, 6.07) is 3.74. The molecule has 136 valence electrons. The summed E-state index contributed by atoms with van der Waals surface area (Å²) in [5, 5.41) is 40.4. The quantitative estimate of drug-likeness (QED) is 0.245. The van der Waals surface area contributed by atoms with Crippen molar-refractivity contribution in [1.29, 1.82) is 10.7 Å². The molecule has 0 aliphatic carbocycles. The Hall–Kier alpha value is -3.04. The summed E-state index contributed by atoms with van der Waals surface area (Å²) in [4.78, 5) is 3.56. The second-order valence-electron chi connectivity index (χ2n) is 4.76. The van der Waals surface area contributed by atoms with E-state index in [1.165, 1.54) is 12.1 Å². The van der Waals surface area contributed by atoms with Gasteiger partial charge in [0.25, 0.3) is 0 Å². The number of amidine groups is 1. The van der Waals surface area contributed by atoms with E-state index in [0.717, 1.165) is 6.07 Å². The molecule has 0 spiro atoms. The van der Waals surface area contributed by atoms with E-state index in [1.807, 2.05) is 6.92 Å². The maximum Gasteiger partial charge on any atom is 0.209 e. The van der Waals surface area contributed by atoms with Gasteiger partial charge in [-0.1, -0.05) is 5.16 Å². The van der Waals surface area contributed by atoms with Gasteiger partial charge in [-0.05, 0) is 46.2 Å². The molecule has 0 aliphatic rings. The molecule has 1 aromatic heterocycles. The molecule has 0 bridgehead atoms. The van der Waals surface area contributed by atoms with E-state index in [9.17, 15) is 9.60 Å². The van der Waals surface area contributed by atoms with Crippen molar-refractivity contribution in [2.45, 2.75) is 13.5 Å². The molecule has 10 nitrogen and oxygen atoms in total. The standard InChI is InChI=1S/C14H14BrFN8O2/c1-2-19-14(21-7-17)20-6-11-12(23-26-22-11)13(18)24(25)8-3-4-10(16)9(15)5-8/h3-5,18,25H,2,6H2,1H3,(H2,19,20,21). The highest BCUT2D eigenvalue weighted by molar-refractivity contribution is 9.10. The van der Waals surface area contributed by atoms with Gasteiger partial charge in [0.15, 0.2) is 11.5 Å². The molecular formula is C14H14BrFN8O2. The minimum atomic E-state index is -0.505. The first-order valence-corrected chi connectivity index (χ1v) is 8.06. The topological polar surface area (TPSA) is 146 Å². The van der Waals surface area contributed by atoms with Gasteiger partial charge < -0.3 is 10.6 Å². The van der Waals surface area contributed by atoms with Crippen LogP contribution in [-0.2, 0) is 6.54 Å². The molecule has 2 aromatic rings. The molecule has 2 rings (SSSR count). The van der Waals surface area contributed by atoms with Crippen LogP contribution in [0.2, 0.25) is 0 Å². The SMILES string of the molecule is CCN/C(=N\C#N)NCc1nonc1C(=N)N(O)c1ccc(F)c(Br)c1. The van der Waals surface area contributed by atoms with Crippen LogP contribution in [0.4, 0.5) is 10.1 Å². The van der Waals surface area contributed by atoms with Gasteiger partial charge in [0, 0.05) is 6.54 Å². The Kier molecular flexibility index (Phi) is 6.59. The highest BCUT2D eigenvalue weighted by Gasteiger charge is 2.21. The fourth-order valence-electron chi connectivity index (χ4n) is 1.87. The number of hydrogen-bond acceptors (Lipinski definition) is 7. The number of guanidine groups is 1. The molecule has 12 heteroatoms. The Balaban J connectivity index is 2.15. The first-order valence-electron chi connectivity index (χ1n) is 7.26. The van der Waals surface area contributed by atoms with E-state index in [0.29, 0.717) is 11.6 Å². The van der Waals surface area contributed by atoms with Crippen LogP contribution in [0, 0.1) is 22.7 Å². The van der Waals surface area contributed by atoms with Crippen molar-refractivity contribution >= 4 is 33.4 Å². The van der Waals surface area contributed by atoms with Crippen LogP contribution < -0.4 is 15.7 Å². The lowest BCUT2D eigenvalue weighted by Crippen LogP contribution is -2.37. The van der Waals surface area contributed by atoms with Gasteiger partial charge >= 0.3 is 0 Å². The van der Waals surface area contributed by atoms with Crippen molar-refractivity contribution in [1.82, 2.24) is 20.9 Å². The van der Waals surface area contributed by atoms with Crippen molar-refractivity contribution in [3.05, 3.63) is 39.9 Å². The Morgan fingerprint density at radius 2 is 2.27 bits per heavy atom. The van der Waals surface area contributed by atoms with Crippen molar-refractivity contribution in [3.63, 3.8) is 0 Å². The van der Waals surface area contributed by atoms with Crippen LogP contribution in [0.15, 0.2) is 32.3 Å². The van der Waals surface area contributed by atoms with E-state index < -0.39 is 11.7 Å². The second-order valence-corrected chi connectivity index (χ2v) is 5.62. The van der Waals surface area contributed by atoms with Gasteiger partial charge in [0.2, 0.25) is 12.2 Å². The van der Waals surface area contributed by atoms with Gasteiger partial charge in [0.05, 0.1) is 16.7 Å². The molecule has 0 saturated heterocycles. The molecule has 1 aromatic carbocycles. The summed E-state index contributed by atoms with van der Waals surface area (Å²) in [6.07, 6.45) is 1.65. The summed E-state index contributed by atoms with van der Waals surface area (Å²) in [5.41, 5.74) is 0.316. The van der Waals surface area contributed by atoms with E-state index in [2.05, 4.69) is 46.5 Å². The lowest BCUT2D eigenvalue weighted by molar-refractivity contribution is 0.297. The van der Waals surface area contributed by atoms with Crippen molar-refractivity contribution < 1.29 is 14.2 Å². The molecule has 0 aliphatic heterocycles. The monoisotopic (exact) mass is 424 g/mol. The number of aromatic nitrogens is 2. The molecule has 0 amide bonds. The second kappa shape index (κ2) is 8.88. The average molecular weight is 425 g/mol. The fraction of sp³-hybridized carbons (Fsp3) is 0.214. The molecule has 0 radical (unpaired) electrons. The lowest BCUT2D eigenvalue weighted by Gasteiger charge is -2.17. The van der Waals surface area contributed by atoms with Gasteiger partial charge in [-0.25, -0.2) is 14.1 Å². The Morgan fingerprint density at radius 1 is 1.50 bits per heavy atom. The predicted octanol–water partition coefficient (Wildman–Crippen LogP) is 1.73. The van der Waals surface area contributed by atoms with E-state index in [4.69, 9.17) is 10.7 Å². The summed E-state index contributed by atoms with van der Waals surface area (Å²) in [5.74, 6) is -0.711. The smallest absolute Gasteiger partial charge is 0.209 e. The number of benzene rings is 1. The third-order valence-electron chi connectivity index (χ3n) is 3.07. The summed E-state index contributed by atoms with van der Waals surface area (Å²) in [6.45, 7) is 2.41. The molecule has 0 saturated carbocycles. The minimum absolute atomic E-state index is 0.0340. The normalized spacial score (nSPS) is 11.0. The highest BCUT2D eigenvalue weighted by Crippen LogP contribution is 2.23.